The maximum absolute atomic E-state index is 13.2. The van der Waals surface area contributed by atoms with Crippen molar-refractivity contribution in [1.29, 1.82) is 0 Å². The van der Waals surface area contributed by atoms with E-state index in [-0.39, 0.29) is 24.3 Å². The number of hydrogen-bond acceptors (Lipinski definition) is 10. The van der Waals surface area contributed by atoms with E-state index in [9.17, 15) is 9.59 Å². The third-order valence-corrected chi connectivity index (χ3v) is 9.71. The second kappa shape index (κ2) is 12.3. The fourth-order valence-corrected chi connectivity index (χ4v) is 7.52. The zero-order valence-electron chi connectivity index (χ0n) is 24.2. The Kier molecular flexibility index (Phi) is 8.98. The molecule has 0 unspecified atom stereocenters. The number of amides is 1. The third-order valence-electron chi connectivity index (χ3n) is 7.39. The number of thiazole rings is 1. The van der Waals surface area contributed by atoms with Gasteiger partial charge in [0.15, 0.2) is 5.78 Å². The fraction of sp³-hybridized carbons (Fsp3) is 0.552. The van der Waals surface area contributed by atoms with Gasteiger partial charge in [-0.15, -0.1) is 22.7 Å². The molecule has 1 amide bonds. The number of piperazine rings is 1. The minimum atomic E-state index is -0.531. The number of likely N-dealkylation sites (tertiary alicyclic amines) is 1. The maximum atomic E-state index is 13.2. The molecule has 0 spiro atoms. The van der Waals surface area contributed by atoms with Crippen molar-refractivity contribution in [2.24, 2.45) is 0 Å². The lowest BCUT2D eigenvalue weighted by Crippen LogP contribution is -2.54. The number of thiophene rings is 1. The summed E-state index contributed by atoms with van der Waals surface area (Å²) < 4.78 is 5.52. The second-order valence-electron chi connectivity index (χ2n) is 11.8. The summed E-state index contributed by atoms with van der Waals surface area (Å²) in [6.45, 7) is 13.5. The number of carbonyl (C=O) groups is 2. The summed E-state index contributed by atoms with van der Waals surface area (Å²) in [5, 5.41) is 3.39. The second-order valence-corrected chi connectivity index (χ2v) is 14.3. The van der Waals surface area contributed by atoms with Gasteiger partial charge in [0.25, 0.3) is 0 Å². The molecule has 5 heterocycles. The molecule has 0 aliphatic carbocycles. The fourth-order valence-electron chi connectivity index (χ4n) is 5.26. The first-order chi connectivity index (χ1) is 19.5. The highest BCUT2D eigenvalue weighted by Gasteiger charge is 2.31. The summed E-state index contributed by atoms with van der Waals surface area (Å²) in [5.41, 5.74) is 0.714. The van der Waals surface area contributed by atoms with Gasteiger partial charge < -0.3 is 14.5 Å². The zero-order valence-corrected chi connectivity index (χ0v) is 26.6. The Balaban J connectivity index is 1.25. The van der Waals surface area contributed by atoms with Crippen molar-refractivity contribution in [3.8, 4) is 10.6 Å². The number of carbonyl (C=O) groups excluding carboxylic acids is 2. The summed E-state index contributed by atoms with van der Waals surface area (Å²) in [5.74, 6) is 0.573. The molecule has 2 fully saturated rings. The van der Waals surface area contributed by atoms with Crippen LogP contribution >= 0.6 is 34.3 Å². The van der Waals surface area contributed by atoms with Crippen LogP contribution in [0.1, 0.15) is 67.8 Å². The van der Waals surface area contributed by atoms with Gasteiger partial charge in [-0.1, -0.05) is 11.6 Å². The van der Waals surface area contributed by atoms with Crippen LogP contribution in [0.15, 0.2) is 23.8 Å². The lowest BCUT2D eigenvalue weighted by atomic mass is 10.2. The van der Waals surface area contributed by atoms with Crippen molar-refractivity contribution in [1.82, 2.24) is 24.8 Å². The number of ether oxygens (including phenoxy) is 1. The van der Waals surface area contributed by atoms with Crippen LogP contribution in [0.25, 0.3) is 10.6 Å². The monoisotopic (exact) mass is 616 g/mol. The Hall–Kier alpha value is -2.60. The first-order valence-electron chi connectivity index (χ1n) is 14.0. The van der Waals surface area contributed by atoms with Gasteiger partial charge in [0, 0.05) is 48.5 Å². The molecular formula is C29H37ClN6O3S2. The number of rotatable bonds is 7. The van der Waals surface area contributed by atoms with Gasteiger partial charge in [-0.2, -0.15) is 0 Å². The van der Waals surface area contributed by atoms with Gasteiger partial charge >= 0.3 is 6.09 Å². The molecule has 0 radical (unpaired) electrons. The minimum Gasteiger partial charge on any atom is -0.444 e. The molecule has 9 nitrogen and oxygen atoms in total. The highest BCUT2D eigenvalue weighted by atomic mass is 35.5. The normalized spacial score (nSPS) is 20.0. The molecule has 0 N–H and O–H groups in total. The summed E-state index contributed by atoms with van der Waals surface area (Å²) >= 11 is 9.40. The molecule has 2 aliphatic heterocycles. The van der Waals surface area contributed by atoms with E-state index in [0.717, 1.165) is 28.7 Å². The summed E-state index contributed by atoms with van der Waals surface area (Å²) in [7, 11) is 0. The van der Waals surface area contributed by atoms with E-state index in [1.165, 1.54) is 17.7 Å². The maximum Gasteiger partial charge on any atom is 0.410 e. The highest BCUT2D eigenvalue weighted by molar-refractivity contribution is 7.15. The summed E-state index contributed by atoms with van der Waals surface area (Å²) in [4.78, 5) is 48.1. The highest BCUT2D eigenvalue weighted by Crippen LogP contribution is 2.36. The number of aromatic nitrogens is 3. The predicted molar refractivity (Wildman–Crippen MR) is 164 cm³/mol. The number of Topliss-reactive ketones (excluding diaryl/α,β-unsaturated/α-hetero) is 1. The number of nitrogens with zero attached hydrogens (tertiary/aromatic N) is 6. The van der Waals surface area contributed by atoms with Crippen LogP contribution < -0.4 is 4.90 Å². The lowest BCUT2D eigenvalue weighted by Gasteiger charge is -2.40. The molecule has 12 heteroatoms. The molecule has 0 saturated carbocycles. The average Bonchev–Trinajstić information content (AvgIpc) is 3.63. The number of anilines is 1. The molecule has 2 saturated heterocycles. The predicted octanol–water partition coefficient (Wildman–Crippen LogP) is 6.17. The smallest absolute Gasteiger partial charge is 0.410 e. The van der Waals surface area contributed by atoms with Gasteiger partial charge in [-0.05, 0) is 60.1 Å². The number of halogens is 1. The Morgan fingerprint density at radius 3 is 2.54 bits per heavy atom. The molecule has 2 atom stereocenters. The van der Waals surface area contributed by atoms with Crippen molar-refractivity contribution in [2.45, 2.75) is 78.1 Å². The van der Waals surface area contributed by atoms with Crippen LogP contribution in [0.2, 0.25) is 5.02 Å². The number of hydrogen-bond donors (Lipinski definition) is 0. The van der Waals surface area contributed by atoms with E-state index in [1.807, 2.05) is 39.1 Å². The van der Waals surface area contributed by atoms with E-state index >= 15 is 0 Å². The van der Waals surface area contributed by atoms with Crippen molar-refractivity contribution < 1.29 is 14.3 Å². The van der Waals surface area contributed by atoms with E-state index in [2.05, 4.69) is 26.7 Å². The molecule has 41 heavy (non-hydrogen) atoms. The molecule has 0 aromatic carbocycles. The lowest BCUT2D eigenvalue weighted by molar-refractivity contribution is 0.0218. The quantitative estimate of drug-likeness (QED) is 0.291. The van der Waals surface area contributed by atoms with Gasteiger partial charge in [0.05, 0.1) is 34.4 Å². The van der Waals surface area contributed by atoms with Crippen molar-refractivity contribution >= 4 is 52.0 Å². The van der Waals surface area contributed by atoms with Crippen LogP contribution in [0.5, 0.6) is 0 Å². The third kappa shape index (κ3) is 7.25. The Bertz CT molecular complexity index is 1390. The Morgan fingerprint density at radius 2 is 1.93 bits per heavy atom. The summed E-state index contributed by atoms with van der Waals surface area (Å²) in [6.07, 6.45) is 5.47. The molecule has 220 valence electrons. The van der Waals surface area contributed by atoms with Gasteiger partial charge in [0.1, 0.15) is 22.1 Å². The van der Waals surface area contributed by atoms with E-state index in [1.54, 1.807) is 40.0 Å². The Labute approximate surface area is 254 Å². The van der Waals surface area contributed by atoms with Gasteiger partial charge in [-0.3, -0.25) is 9.69 Å². The van der Waals surface area contributed by atoms with Crippen LogP contribution in [0, 0.1) is 0 Å². The average molecular weight is 617 g/mol. The topological polar surface area (TPSA) is 91.8 Å². The minimum absolute atomic E-state index is 0.0309. The standard InChI is InChI=1S/C29H37ClN6O3S2/c1-18-7-6-8-34(18)16-24-27(23-11-20(30)17-40-23)33-26(41-24)12-22(37)21-13-32-25(14-31-21)36-10-9-35(15-19(36)2)28(38)39-29(3,4)5/h11,13-14,17-19H,6-10,12,15-16H2,1-5H3/t18-,19-/m1/s1. The molecule has 0 bridgehead atoms. The van der Waals surface area contributed by atoms with E-state index in [4.69, 9.17) is 21.3 Å². The first kappa shape index (κ1) is 29.9. The molecular weight excluding hydrogens is 580 g/mol. The van der Waals surface area contributed by atoms with Gasteiger partial charge in [-0.25, -0.2) is 19.7 Å². The molecule has 2 aliphatic rings. The van der Waals surface area contributed by atoms with Crippen LogP contribution in [-0.4, -0.2) is 80.5 Å². The molecule has 3 aromatic heterocycles. The Morgan fingerprint density at radius 1 is 1.12 bits per heavy atom. The van der Waals surface area contributed by atoms with E-state index < -0.39 is 5.60 Å². The van der Waals surface area contributed by atoms with Crippen molar-refractivity contribution in [3.63, 3.8) is 0 Å². The van der Waals surface area contributed by atoms with Crippen LogP contribution in [0.4, 0.5) is 10.6 Å². The molecule has 5 rings (SSSR count). The molecule has 3 aromatic rings. The van der Waals surface area contributed by atoms with E-state index in [0.29, 0.717) is 42.2 Å². The zero-order chi connectivity index (χ0) is 29.3. The van der Waals surface area contributed by atoms with Crippen molar-refractivity contribution in [2.75, 3.05) is 31.1 Å². The number of ketones is 1. The van der Waals surface area contributed by atoms with Gasteiger partial charge in [0.2, 0.25) is 0 Å². The van der Waals surface area contributed by atoms with Crippen LogP contribution in [0.3, 0.4) is 0 Å². The SMILES string of the molecule is C[C@@H]1CCCN1Cc1sc(CC(=O)c2cnc(N3CCN(C(=O)OC(C)(C)C)C[C@H]3C)cn2)nc1-c1cc(Cl)cs1. The largest absolute Gasteiger partial charge is 0.444 e. The van der Waals surface area contributed by atoms with Crippen molar-refractivity contribution in [3.05, 3.63) is 44.4 Å². The first-order valence-corrected chi connectivity index (χ1v) is 16.1. The summed E-state index contributed by atoms with van der Waals surface area (Å²) in [6, 6.07) is 2.52. The van der Waals surface area contributed by atoms with Crippen LogP contribution in [-0.2, 0) is 17.7 Å².